The van der Waals surface area contributed by atoms with Crippen molar-refractivity contribution in [1.29, 1.82) is 0 Å². The van der Waals surface area contributed by atoms with E-state index in [0.717, 1.165) is 39.9 Å². The molecule has 0 aromatic heterocycles. The van der Waals surface area contributed by atoms with Crippen LogP contribution in [0, 0.1) is 6.92 Å². The van der Waals surface area contributed by atoms with Gasteiger partial charge in [0.2, 0.25) is 0 Å². The van der Waals surface area contributed by atoms with Gasteiger partial charge in [0.15, 0.2) is 0 Å². The number of rotatable bonds is 6. The highest BCUT2D eigenvalue weighted by Gasteiger charge is 2.35. The van der Waals surface area contributed by atoms with Crippen LogP contribution >= 0.6 is 11.8 Å². The number of benzene rings is 3. The van der Waals surface area contributed by atoms with Crippen molar-refractivity contribution in [3.8, 4) is 5.75 Å². The molecule has 166 valence electrons. The minimum Gasteiger partial charge on any atom is -0.497 e. The highest BCUT2D eigenvalue weighted by Crippen LogP contribution is 2.33. The molecule has 33 heavy (non-hydrogen) atoms. The van der Waals surface area contributed by atoms with Crippen molar-refractivity contribution in [2.45, 2.75) is 13.5 Å². The van der Waals surface area contributed by atoms with E-state index in [1.165, 1.54) is 4.90 Å². The monoisotopic (exact) mass is 458 g/mol. The Hall–Kier alpha value is -3.84. The number of thioether (sulfide) groups is 1. The molecule has 0 aliphatic carbocycles. The minimum atomic E-state index is -0.331. The van der Waals surface area contributed by atoms with Crippen LogP contribution in [0.2, 0.25) is 0 Å². The van der Waals surface area contributed by atoms with Gasteiger partial charge in [0, 0.05) is 11.3 Å². The fourth-order valence-electron chi connectivity index (χ4n) is 3.36. The van der Waals surface area contributed by atoms with Gasteiger partial charge in [-0.3, -0.25) is 19.3 Å². The lowest BCUT2D eigenvalue weighted by Crippen LogP contribution is -2.27. The van der Waals surface area contributed by atoms with Crippen LogP contribution in [0.3, 0.4) is 0 Å². The maximum Gasteiger partial charge on any atom is 0.293 e. The summed E-state index contributed by atoms with van der Waals surface area (Å²) in [5, 5.41) is 2.55. The third-order valence-electron chi connectivity index (χ3n) is 5.12. The van der Waals surface area contributed by atoms with Crippen molar-refractivity contribution in [2.75, 3.05) is 12.4 Å². The van der Waals surface area contributed by atoms with E-state index < -0.39 is 0 Å². The van der Waals surface area contributed by atoms with Crippen LogP contribution in [-0.4, -0.2) is 29.1 Å². The van der Waals surface area contributed by atoms with Gasteiger partial charge in [-0.1, -0.05) is 36.4 Å². The molecular formula is C26H22N2O4S. The van der Waals surface area contributed by atoms with Crippen LogP contribution in [0.4, 0.5) is 10.5 Å². The number of methoxy groups -OCH3 is 1. The molecule has 3 aromatic rings. The zero-order valence-electron chi connectivity index (χ0n) is 18.2. The van der Waals surface area contributed by atoms with Crippen LogP contribution in [0.1, 0.15) is 27.0 Å². The highest BCUT2D eigenvalue weighted by molar-refractivity contribution is 8.18. The first-order valence-corrected chi connectivity index (χ1v) is 11.1. The molecule has 0 unspecified atom stereocenters. The first kappa shape index (κ1) is 22.4. The molecule has 7 heteroatoms. The predicted octanol–water partition coefficient (Wildman–Crippen LogP) is 5.49. The quantitative estimate of drug-likeness (QED) is 0.494. The Balaban J connectivity index is 1.42. The minimum absolute atomic E-state index is 0.143. The number of hydrogen-bond donors (Lipinski definition) is 1. The van der Waals surface area contributed by atoms with E-state index in [0.29, 0.717) is 10.5 Å². The van der Waals surface area contributed by atoms with Gasteiger partial charge in [-0.05, 0) is 77.9 Å². The number of imide groups is 1. The SMILES string of the molecule is COc1ccc(/C=C2\SC(=O)N(Cc3ccc(C(=O)Nc4cccc(C)c4)cc3)C2=O)cc1. The van der Waals surface area contributed by atoms with Gasteiger partial charge in [-0.25, -0.2) is 0 Å². The summed E-state index contributed by atoms with van der Waals surface area (Å²) in [5.41, 5.74) is 3.85. The molecule has 3 amide bonds. The third-order valence-corrected chi connectivity index (χ3v) is 6.03. The first-order valence-electron chi connectivity index (χ1n) is 10.3. The first-order chi connectivity index (χ1) is 15.9. The normalized spacial score (nSPS) is 14.6. The Kier molecular flexibility index (Phi) is 6.60. The maximum absolute atomic E-state index is 12.8. The number of hydrogen-bond acceptors (Lipinski definition) is 5. The number of nitrogens with zero attached hydrogens (tertiary/aromatic N) is 1. The second-order valence-corrected chi connectivity index (χ2v) is 8.55. The van der Waals surface area contributed by atoms with Gasteiger partial charge >= 0.3 is 0 Å². The van der Waals surface area contributed by atoms with Crippen LogP contribution in [0.15, 0.2) is 77.7 Å². The summed E-state index contributed by atoms with van der Waals surface area (Å²) in [7, 11) is 1.59. The highest BCUT2D eigenvalue weighted by atomic mass is 32.2. The average molecular weight is 459 g/mol. The summed E-state index contributed by atoms with van der Waals surface area (Å²) in [6, 6.07) is 21.7. The molecule has 1 heterocycles. The molecule has 0 radical (unpaired) electrons. The van der Waals surface area contributed by atoms with Crippen LogP contribution < -0.4 is 10.1 Å². The number of nitrogens with one attached hydrogen (secondary N) is 1. The lowest BCUT2D eigenvalue weighted by atomic mass is 10.1. The molecular weight excluding hydrogens is 436 g/mol. The predicted molar refractivity (Wildman–Crippen MR) is 130 cm³/mol. The van der Waals surface area contributed by atoms with Crippen LogP contribution in [-0.2, 0) is 11.3 Å². The molecule has 1 saturated heterocycles. The van der Waals surface area contributed by atoms with E-state index in [4.69, 9.17) is 4.74 Å². The fraction of sp³-hybridized carbons (Fsp3) is 0.115. The van der Waals surface area contributed by atoms with Crippen molar-refractivity contribution in [3.05, 3.63) is 100.0 Å². The molecule has 1 fully saturated rings. The van der Waals surface area contributed by atoms with Crippen LogP contribution in [0.25, 0.3) is 6.08 Å². The molecule has 6 nitrogen and oxygen atoms in total. The van der Waals surface area contributed by atoms with E-state index in [1.807, 2.05) is 43.3 Å². The molecule has 4 rings (SSSR count). The molecule has 1 N–H and O–H groups in total. The number of anilines is 1. The number of amides is 3. The van der Waals surface area contributed by atoms with Gasteiger partial charge in [-0.2, -0.15) is 0 Å². The van der Waals surface area contributed by atoms with Gasteiger partial charge in [0.25, 0.3) is 17.1 Å². The molecule has 3 aromatic carbocycles. The fourth-order valence-corrected chi connectivity index (χ4v) is 4.20. The Morgan fingerprint density at radius 1 is 1.03 bits per heavy atom. The lowest BCUT2D eigenvalue weighted by molar-refractivity contribution is -0.123. The molecule has 0 bridgehead atoms. The summed E-state index contributed by atoms with van der Waals surface area (Å²) in [4.78, 5) is 39.3. The Bertz CT molecular complexity index is 1230. The van der Waals surface area contributed by atoms with Crippen molar-refractivity contribution in [1.82, 2.24) is 4.90 Å². The molecule has 0 atom stereocenters. The second-order valence-electron chi connectivity index (χ2n) is 7.56. The van der Waals surface area contributed by atoms with Crippen molar-refractivity contribution in [3.63, 3.8) is 0 Å². The topological polar surface area (TPSA) is 75.7 Å². The summed E-state index contributed by atoms with van der Waals surface area (Å²) in [5.74, 6) is 0.166. The van der Waals surface area contributed by atoms with Crippen molar-refractivity contribution >= 4 is 40.6 Å². The smallest absolute Gasteiger partial charge is 0.293 e. The molecule has 1 aliphatic rings. The Morgan fingerprint density at radius 3 is 2.42 bits per heavy atom. The number of carbonyl (C=O) groups is 3. The van der Waals surface area contributed by atoms with E-state index in [-0.39, 0.29) is 23.6 Å². The summed E-state index contributed by atoms with van der Waals surface area (Å²) >= 11 is 0.919. The van der Waals surface area contributed by atoms with E-state index in [1.54, 1.807) is 49.6 Å². The Labute approximate surface area is 196 Å². The van der Waals surface area contributed by atoms with Gasteiger partial charge < -0.3 is 10.1 Å². The van der Waals surface area contributed by atoms with Crippen molar-refractivity contribution < 1.29 is 19.1 Å². The van der Waals surface area contributed by atoms with Crippen LogP contribution in [0.5, 0.6) is 5.75 Å². The number of carbonyl (C=O) groups excluding carboxylic acids is 3. The molecule has 0 spiro atoms. The number of aryl methyl sites for hydroxylation is 1. The zero-order valence-corrected chi connectivity index (χ0v) is 19.0. The molecule has 0 saturated carbocycles. The Morgan fingerprint density at radius 2 is 1.76 bits per heavy atom. The lowest BCUT2D eigenvalue weighted by Gasteiger charge is -2.13. The summed E-state index contributed by atoms with van der Waals surface area (Å²) in [6.07, 6.45) is 1.70. The van der Waals surface area contributed by atoms with Gasteiger partial charge in [0.1, 0.15) is 5.75 Å². The summed E-state index contributed by atoms with van der Waals surface area (Å²) in [6.45, 7) is 2.10. The van der Waals surface area contributed by atoms with E-state index in [9.17, 15) is 14.4 Å². The zero-order chi connectivity index (χ0) is 23.4. The van der Waals surface area contributed by atoms with Gasteiger partial charge in [-0.15, -0.1) is 0 Å². The third kappa shape index (κ3) is 5.32. The van der Waals surface area contributed by atoms with Gasteiger partial charge in [0.05, 0.1) is 18.6 Å². The largest absolute Gasteiger partial charge is 0.497 e. The maximum atomic E-state index is 12.8. The summed E-state index contributed by atoms with van der Waals surface area (Å²) < 4.78 is 5.14. The van der Waals surface area contributed by atoms with E-state index >= 15 is 0 Å². The molecule has 1 aliphatic heterocycles. The van der Waals surface area contributed by atoms with Crippen molar-refractivity contribution in [2.24, 2.45) is 0 Å². The second kappa shape index (κ2) is 9.75. The standard InChI is InChI=1S/C26H22N2O4S/c1-17-4-3-5-21(14-17)27-24(29)20-10-6-19(7-11-20)16-28-25(30)23(33-26(28)31)15-18-8-12-22(32-2)13-9-18/h3-15H,16H2,1-2H3,(H,27,29)/b23-15-. The number of ether oxygens (including phenoxy) is 1. The van der Waals surface area contributed by atoms with E-state index in [2.05, 4.69) is 5.32 Å². The average Bonchev–Trinajstić information content (AvgIpc) is 3.07.